The summed E-state index contributed by atoms with van der Waals surface area (Å²) in [7, 11) is 0. The molecule has 0 spiro atoms. The van der Waals surface area contributed by atoms with E-state index in [0.29, 0.717) is 0 Å². The van der Waals surface area contributed by atoms with E-state index in [0.717, 1.165) is 37.8 Å². The Morgan fingerprint density at radius 2 is 1.71 bits per heavy atom. The minimum absolute atomic E-state index is 0.0121. The number of nitrogens with one attached hydrogen (secondary N) is 1. The summed E-state index contributed by atoms with van der Waals surface area (Å²) in [6.07, 6.45) is -4.29. The summed E-state index contributed by atoms with van der Waals surface area (Å²) in [5.41, 5.74) is 0.0604. The van der Waals surface area contributed by atoms with Gasteiger partial charge in [0.25, 0.3) is 0 Å². The van der Waals surface area contributed by atoms with Gasteiger partial charge in [0.2, 0.25) is 0 Å². The minimum atomic E-state index is -4.29. The monoisotopic (exact) mass is 300 g/mol. The van der Waals surface area contributed by atoms with E-state index in [1.54, 1.807) is 0 Å². The molecule has 1 atom stereocenters. The Hall–Kier alpha value is -1.07. The summed E-state index contributed by atoms with van der Waals surface area (Å²) in [5, 5.41) is 3.29. The number of hydrogen-bond acceptors (Lipinski definition) is 2. The van der Waals surface area contributed by atoms with Crippen LogP contribution in [0.1, 0.15) is 37.9 Å². The lowest BCUT2D eigenvalue weighted by molar-refractivity contribution is -0.137. The van der Waals surface area contributed by atoms with Crippen LogP contribution < -0.4 is 5.32 Å². The van der Waals surface area contributed by atoms with Crippen LogP contribution in [-0.2, 0) is 6.18 Å². The molecule has 0 amide bonds. The maximum Gasteiger partial charge on any atom is 0.416 e. The van der Waals surface area contributed by atoms with Crippen LogP contribution in [0.3, 0.4) is 0 Å². The average Bonchev–Trinajstić information content (AvgIpc) is 2.38. The second kappa shape index (κ2) is 5.97. The lowest BCUT2D eigenvalue weighted by Gasteiger charge is -2.42. The molecule has 0 aromatic heterocycles. The zero-order chi connectivity index (χ0) is 15.7. The zero-order valence-electron chi connectivity index (χ0n) is 12.8. The molecule has 1 aliphatic rings. The van der Waals surface area contributed by atoms with Gasteiger partial charge < -0.3 is 5.32 Å². The molecule has 0 saturated carbocycles. The third-order valence-corrected chi connectivity index (χ3v) is 3.87. The molecule has 21 heavy (non-hydrogen) atoms. The third kappa shape index (κ3) is 3.98. The van der Waals surface area contributed by atoms with Gasteiger partial charge in [-0.1, -0.05) is 32.9 Å². The molecule has 1 N–H and O–H groups in total. The molecule has 5 heteroatoms. The maximum atomic E-state index is 12.9. The van der Waals surface area contributed by atoms with Gasteiger partial charge in [-0.15, -0.1) is 0 Å². The van der Waals surface area contributed by atoms with Crippen molar-refractivity contribution in [3.05, 3.63) is 35.4 Å². The smallest absolute Gasteiger partial charge is 0.314 e. The largest absolute Gasteiger partial charge is 0.416 e. The average molecular weight is 300 g/mol. The predicted molar refractivity (Wildman–Crippen MR) is 78.1 cm³/mol. The number of alkyl halides is 3. The number of nitrogens with zero attached hydrogens (tertiary/aromatic N) is 1. The van der Waals surface area contributed by atoms with E-state index in [9.17, 15) is 13.2 Å². The van der Waals surface area contributed by atoms with Crippen LogP contribution in [0.4, 0.5) is 13.2 Å². The molecule has 1 aromatic rings. The molecule has 0 bridgehead atoms. The fraction of sp³-hybridized carbons (Fsp3) is 0.625. The molecule has 1 heterocycles. The van der Waals surface area contributed by atoms with Crippen LogP contribution >= 0.6 is 0 Å². The highest BCUT2D eigenvalue weighted by Gasteiger charge is 2.35. The summed E-state index contributed by atoms with van der Waals surface area (Å²) < 4.78 is 38.8. The summed E-state index contributed by atoms with van der Waals surface area (Å²) in [5.74, 6) is 0. The Kier molecular flexibility index (Phi) is 4.63. The van der Waals surface area contributed by atoms with Crippen molar-refractivity contribution in [2.45, 2.75) is 33.0 Å². The highest BCUT2D eigenvalue weighted by atomic mass is 19.4. The molecule has 0 aliphatic carbocycles. The van der Waals surface area contributed by atoms with Gasteiger partial charge in [-0.2, -0.15) is 13.2 Å². The van der Waals surface area contributed by atoms with E-state index in [2.05, 4.69) is 31.0 Å². The molecule has 1 aromatic carbocycles. The van der Waals surface area contributed by atoms with Crippen LogP contribution in [0.2, 0.25) is 0 Å². The number of hydrogen-bond donors (Lipinski definition) is 1. The summed E-state index contributed by atoms with van der Waals surface area (Å²) in [4.78, 5) is 2.28. The van der Waals surface area contributed by atoms with Gasteiger partial charge in [-0.3, -0.25) is 4.90 Å². The fourth-order valence-electron chi connectivity index (χ4n) is 3.08. The Bertz CT molecular complexity index is 471. The first kappa shape index (κ1) is 16.3. The van der Waals surface area contributed by atoms with Gasteiger partial charge >= 0.3 is 6.18 Å². The molecule has 0 unspecified atom stereocenters. The number of benzene rings is 1. The molecule has 1 aliphatic heterocycles. The van der Waals surface area contributed by atoms with Crippen molar-refractivity contribution in [1.29, 1.82) is 0 Å². The van der Waals surface area contributed by atoms with Crippen molar-refractivity contribution in [3.63, 3.8) is 0 Å². The van der Waals surface area contributed by atoms with E-state index in [1.165, 1.54) is 12.1 Å². The van der Waals surface area contributed by atoms with Gasteiger partial charge in [0.05, 0.1) is 5.56 Å². The van der Waals surface area contributed by atoms with Crippen molar-refractivity contribution in [3.8, 4) is 0 Å². The van der Waals surface area contributed by atoms with Crippen LogP contribution in [0, 0.1) is 5.41 Å². The second-order valence-corrected chi connectivity index (χ2v) is 6.68. The van der Waals surface area contributed by atoms with E-state index in [4.69, 9.17) is 0 Å². The lowest BCUT2D eigenvalue weighted by Crippen LogP contribution is -2.48. The van der Waals surface area contributed by atoms with Crippen molar-refractivity contribution in [1.82, 2.24) is 10.2 Å². The predicted octanol–water partition coefficient (Wildman–Crippen LogP) is 3.70. The van der Waals surface area contributed by atoms with Gasteiger partial charge in [-0.25, -0.2) is 0 Å². The Labute approximate surface area is 124 Å². The highest BCUT2D eigenvalue weighted by molar-refractivity contribution is 5.29. The van der Waals surface area contributed by atoms with Gasteiger partial charge in [-0.05, 0) is 23.1 Å². The van der Waals surface area contributed by atoms with Crippen molar-refractivity contribution < 1.29 is 13.2 Å². The summed E-state index contributed by atoms with van der Waals surface area (Å²) in [6, 6.07) is 5.76. The van der Waals surface area contributed by atoms with Gasteiger partial charge in [0.15, 0.2) is 0 Å². The maximum absolute atomic E-state index is 12.9. The Morgan fingerprint density at radius 1 is 1.10 bits per heavy atom. The number of halogens is 3. The van der Waals surface area contributed by atoms with E-state index < -0.39 is 11.7 Å². The second-order valence-electron chi connectivity index (χ2n) is 6.68. The van der Waals surface area contributed by atoms with E-state index in [-0.39, 0.29) is 11.5 Å². The first-order valence-electron chi connectivity index (χ1n) is 7.31. The number of rotatable bonds is 2. The van der Waals surface area contributed by atoms with Crippen molar-refractivity contribution in [2.24, 2.45) is 5.41 Å². The first-order valence-corrected chi connectivity index (χ1v) is 7.31. The summed E-state index contributed by atoms with van der Waals surface area (Å²) in [6.45, 7) is 9.73. The van der Waals surface area contributed by atoms with Crippen LogP contribution in [0.5, 0.6) is 0 Å². The minimum Gasteiger partial charge on any atom is -0.314 e. The van der Waals surface area contributed by atoms with Crippen LogP contribution in [0.25, 0.3) is 0 Å². The molecular weight excluding hydrogens is 277 g/mol. The fourth-order valence-corrected chi connectivity index (χ4v) is 3.08. The topological polar surface area (TPSA) is 15.3 Å². The zero-order valence-corrected chi connectivity index (χ0v) is 12.8. The molecule has 2 rings (SSSR count). The quantitative estimate of drug-likeness (QED) is 0.896. The standard InChI is InChI=1S/C16H23F3N2/c1-15(2,3)14(21-9-7-20-8-10-21)12-5-4-6-13(11-12)16(17,18)19/h4-6,11,14,20H,7-10H2,1-3H3/t14-/m1/s1. The third-order valence-electron chi connectivity index (χ3n) is 3.87. The van der Waals surface area contributed by atoms with Crippen molar-refractivity contribution in [2.75, 3.05) is 26.2 Å². The lowest BCUT2D eigenvalue weighted by atomic mass is 9.80. The SMILES string of the molecule is CC(C)(C)[C@@H](c1cccc(C(F)(F)F)c1)N1CCNCC1. The summed E-state index contributed by atoms with van der Waals surface area (Å²) >= 11 is 0. The molecule has 2 nitrogen and oxygen atoms in total. The molecule has 1 fully saturated rings. The highest BCUT2D eigenvalue weighted by Crippen LogP contribution is 2.40. The van der Waals surface area contributed by atoms with Crippen molar-refractivity contribution >= 4 is 0 Å². The molecular formula is C16H23F3N2. The molecule has 118 valence electrons. The van der Waals surface area contributed by atoms with E-state index >= 15 is 0 Å². The van der Waals surface area contributed by atoms with Gasteiger partial charge in [0.1, 0.15) is 0 Å². The Morgan fingerprint density at radius 3 is 2.24 bits per heavy atom. The number of piperazine rings is 1. The normalized spacial score (nSPS) is 19.5. The van der Waals surface area contributed by atoms with Crippen LogP contribution in [-0.4, -0.2) is 31.1 Å². The molecule has 0 radical (unpaired) electrons. The van der Waals surface area contributed by atoms with Gasteiger partial charge in [0, 0.05) is 32.2 Å². The van der Waals surface area contributed by atoms with E-state index in [1.807, 2.05) is 6.07 Å². The first-order chi connectivity index (χ1) is 9.69. The Balaban J connectivity index is 2.37. The van der Waals surface area contributed by atoms with Crippen LogP contribution in [0.15, 0.2) is 24.3 Å². The molecule has 1 saturated heterocycles.